The van der Waals surface area contributed by atoms with Crippen molar-refractivity contribution in [3.05, 3.63) is 50.4 Å². The van der Waals surface area contributed by atoms with Crippen LogP contribution in [0, 0.1) is 6.92 Å². The zero-order chi connectivity index (χ0) is 13.1. The molecule has 3 nitrogen and oxygen atoms in total. The van der Waals surface area contributed by atoms with Gasteiger partial charge in [0.1, 0.15) is 0 Å². The quantitative estimate of drug-likeness (QED) is 0.809. The van der Waals surface area contributed by atoms with Crippen molar-refractivity contribution in [3.8, 4) is 0 Å². The van der Waals surface area contributed by atoms with E-state index in [2.05, 4.69) is 9.72 Å². The van der Waals surface area contributed by atoms with Gasteiger partial charge in [-0.1, -0.05) is 23.7 Å². The molecule has 0 spiro atoms. The number of esters is 1. The van der Waals surface area contributed by atoms with E-state index in [1.54, 1.807) is 0 Å². The predicted molar refractivity (Wildman–Crippen MR) is 72.4 cm³/mol. The minimum atomic E-state index is -0.383. The smallest absolute Gasteiger partial charge is 0.357 e. The minimum absolute atomic E-state index is 0.383. The van der Waals surface area contributed by atoms with E-state index >= 15 is 0 Å². The van der Waals surface area contributed by atoms with Crippen LogP contribution in [0.1, 0.15) is 25.9 Å². The fourth-order valence-electron chi connectivity index (χ4n) is 1.59. The Balaban J connectivity index is 2.20. The second-order valence-electron chi connectivity index (χ2n) is 3.81. The summed E-state index contributed by atoms with van der Waals surface area (Å²) in [5.74, 6) is -0.383. The van der Waals surface area contributed by atoms with E-state index in [0.717, 1.165) is 15.4 Å². The van der Waals surface area contributed by atoms with Crippen molar-refractivity contribution in [2.24, 2.45) is 0 Å². The van der Waals surface area contributed by atoms with Gasteiger partial charge in [-0.15, -0.1) is 11.3 Å². The summed E-state index contributed by atoms with van der Waals surface area (Å²) in [4.78, 5) is 16.6. The van der Waals surface area contributed by atoms with Gasteiger partial charge in [-0.05, 0) is 24.6 Å². The molecule has 0 amide bonds. The number of ether oxygens (including phenoxy) is 1. The van der Waals surface area contributed by atoms with Crippen molar-refractivity contribution in [2.75, 3.05) is 7.11 Å². The first-order valence-corrected chi connectivity index (χ1v) is 6.58. The molecule has 0 aliphatic heterocycles. The lowest BCUT2D eigenvalue weighted by Crippen LogP contribution is -2.03. The highest BCUT2D eigenvalue weighted by atomic mass is 35.5. The van der Waals surface area contributed by atoms with Crippen molar-refractivity contribution >= 4 is 28.9 Å². The van der Waals surface area contributed by atoms with Crippen LogP contribution in [0.2, 0.25) is 5.02 Å². The molecule has 5 heteroatoms. The topological polar surface area (TPSA) is 39.2 Å². The first-order valence-electron chi connectivity index (χ1n) is 5.39. The van der Waals surface area contributed by atoms with Crippen LogP contribution in [0.15, 0.2) is 24.3 Å². The number of aromatic nitrogens is 1. The summed E-state index contributed by atoms with van der Waals surface area (Å²) in [6.07, 6.45) is 0.694. The Morgan fingerprint density at radius 1 is 1.39 bits per heavy atom. The van der Waals surface area contributed by atoms with E-state index < -0.39 is 0 Å². The highest BCUT2D eigenvalue weighted by Gasteiger charge is 2.15. The number of halogens is 1. The number of benzene rings is 1. The standard InChI is InChI=1S/C13H12ClNO2S/c1-8-12(13(16)17-2)15-11(18-8)7-9-3-5-10(14)6-4-9/h3-6H,7H2,1-2H3. The number of thiazole rings is 1. The summed E-state index contributed by atoms with van der Waals surface area (Å²) in [5, 5.41) is 1.61. The lowest BCUT2D eigenvalue weighted by atomic mass is 10.2. The number of hydrogen-bond acceptors (Lipinski definition) is 4. The molecule has 2 rings (SSSR count). The molecule has 0 bridgehead atoms. The molecule has 94 valence electrons. The number of methoxy groups -OCH3 is 1. The molecule has 1 aromatic carbocycles. The van der Waals surface area contributed by atoms with E-state index in [4.69, 9.17) is 11.6 Å². The van der Waals surface area contributed by atoms with Crippen molar-refractivity contribution in [2.45, 2.75) is 13.3 Å². The maximum atomic E-state index is 11.4. The molecule has 0 fully saturated rings. The second-order valence-corrected chi connectivity index (χ2v) is 5.53. The zero-order valence-electron chi connectivity index (χ0n) is 10.1. The minimum Gasteiger partial charge on any atom is -0.464 e. The molecule has 0 aliphatic rings. The van der Waals surface area contributed by atoms with Gasteiger partial charge in [0, 0.05) is 16.3 Å². The van der Waals surface area contributed by atoms with Crippen molar-refractivity contribution in [3.63, 3.8) is 0 Å². The number of aryl methyl sites for hydroxylation is 1. The normalized spacial score (nSPS) is 10.4. The predicted octanol–water partition coefficient (Wildman–Crippen LogP) is 3.48. The van der Waals surface area contributed by atoms with E-state index in [9.17, 15) is 4.79 Å². The van der Waals surface area contributed by atoms with E-state index in [0.29, 0.717) is 17.1 Å². The molecule has 2 aromatic rings. The van der Waals surface area contributed by atoms with Gasteiger partial charge in [0.2, 0.25) is 0 Å². The number of carbonyl (C=O) groups is 1. The summed E-state index contributed by atoms with van der Waals surface area (Å²) in [7, 11) is 1.36. The average Bonchev–Trinajstić information content (AvgIpc) is 2.72. The summed E-state index contributed by atoms with van der Waals surface area (Å²) >= 11 is 7.34. The Morgan fingerprint density at radius 2 is 2.06 bits per heavy atom. The highest BCUT2D eigenvalue weighted by Crippen LogP contribution is 2.21. The van der Waals surface area contributed by atoms with Gasteiger partial charge < -0.3 is 4.74 Å². The van der Waals surface area contributed by atoms with Crippen LogP contribution >= 0.6 is 22.9 Å². The molecule has 0 radical (unpaired) electrons. The summed E-state index contributed by atoms with van der Waals surface area (Å²) in [5.41, 5.74) is 1.52. The van der Waals surface area contributed by atoms with Crippen LogP contribution in [0.25, 0.3) is 0 Å². The van der Waals surface area contributed by atoms with Gasteiger partial charge in [-0.2, -0.15) is 0 Å². The Labute approximate surface area is 114 Å². The molecular weight excluding hydrogens is 270 g/mol. The molecule has 1 aromatic heterocycles. The van der Waals surface area contributed by atoms with Crippen molar-refractivity contribution in [1.82, 2.24) is 4.98 Å². The second kappa shape index (κ2) is 5.50. The fraction of sp³-hybridized carbons (Fsp3) is 0.231. The first kappa shape index (κ1) is 13.1. The molecular formula is C13H12ClNO2S. The van der Waals surface area contributed by atoms with Gasteiger partial charge in [-0.25, -0.2) is 9.78 Å². The van der Waals surface area contributed by atoms with Crippen LogP contribution in [-0.4, -0.2) is 18.1 Å². The van der Waals surface area contributed by atoms with Crippen molar-refractivity contribution in [1.29, 1.82) is 0 Å². The number of hydrogen-bond donors (Lipinski definition) is 0. The Bertz CT molecular complexity index is 563. The number of carbonyl (C=O) groups excluding carboxylic acids is 1. The molecule has 0 saturated heterocycles. The van der Waals surface area contributed by atoms with Gasteiger partial charge in [0.25, 0.3) is 0 Å². The third kappa shape index (κ3) is 2.89. The zero-order valence-corrected chi connectivity index (χ0v) is 11.6. The molecule has 0 unspecified atom stereocenters. The molecule has 18 heavy (non-hydrogen) atoms. The highest BCUT2D eigenvalue weighted by molar-refractivity contribution is 7.11. The number of nitrogens with zero attached hydrogens (tertiary/aromatic N) is 1. The van der Waals surface area contributed by atoms with Crippen LogP contribution in [-0.2, 0) is 11.2 Å². The summed E-state index contributed by atoms with van der Waals surface area (Å²) in [6.45, 7) is 1.87. The van der Waals surface area contributed by atoms with Gasteiger partial charge in [-0.3, -0.25) is 0 Å². The van der Waals surface area contributed by atoms with Gasteiger partial charge in [0.15, 0.2) is 5.69 Å². The lowest BCUT2D eigenvalue weighted by molar-refractivity contribution is 0.0594. The van der Waals surface area contributed by atoms with Crippen LogP contribution in [0.5, 0.6) is 0 Å². The largest absolute Gasteiger partial charge is 0.464 e. The van der Waals surface area contributed by atoms with E-state index in [1.807, 2.05) is 31.2 Å². The number of rotatable bonds is 3. The molecule has 0 atom stereocenters. The van der Waals surface area contributed by atoms with Crippen LogP contribution < -0.4 is 0 Å². The SMILES string of the molecule is COC(=O)c1nc(Cc2ccc(Cl)cc2)sc1C. The van der Waals surface area contributed by atoms with Crippen LogP contribution in [0.4, 0.5) is 0 Å². The molecule has 0 aliphatic carbocycles. The van der Waals surface area contributed by atoms with Crippen LogP contribution in [0.3, 0.4) is 0 Å². The molecule has 0 saturated carbocycles. The Morgan fingerprint density at radius 3 is 2.67 bits per heavy atom. The average molecular weight is 282 g/mol. The fourth-order valence-corrected chi connectivity index (χ4v) is 2.67. The summed E-state index contributed by atoms with van der Waals surface area (Å²) in [6, 6.07) is 7.60. The summed E-state index contributed by atoms with van der Waals surface area (Å²) < 4.78 is 4.68. The lowest BCUT2D eigenvalue weighted by Gasteiger charge is -1.97. The van der Waals surface area contributed by atoms with E-state index in [-0.39, 0.29) is 5.97 Å². The first-order chi connectivity index (χ1) is 8.60. The van der Waals surface area contributed by atoms with E-state index in [1.165, 1.54) is 18.4 Å². The molecule has 1 heterocycles. The third-order valence-electron chi connectivity index (χ3n) is 2.49. The molecule has 0 N–H and O–H groups in total. The van der Waals surface area contributed by atoms with Crippen molar-refractivity contribution < 1.29 is 9.53 Å². The third-order valence-corrected chi connectivity index (χ3v) is 3.71. The van der Waals surface area contributed by atoms with Gasteiger partial charge in [0.05, 0.1) is 12.1 Å². The maximum Gasteiger partial charge on any atom is 0.357 e. The maximum absolute atomic E-state index is 11.4. The Kier molecular flexibility index (Phi) is 3.99. The van der Waals surface area contributed by atoms with Gasteiger partial charge >= 0.3 is 5.97 Å². The monoisotopic (exact) mass is 281 g/mol. The Hall–Kier alpha value is -1.39.